The minimum Gasteiger partial charge on any atom is -0.493 e. The van der Waals surface area contributed by atoms with Gasteiger partial charge in [0, 0.05) is 18.0 Å². The second kappa shape index (κ2) is 5.31. The maximum Gasteiger partial charge on any atom is 0.434 e. The van der Waals surface area contributed by atoms with Crippen LogP contribution in [0, 0.1) is 0 Å². The summed E-state index contributed by atoms with van der Waals surface area (Å²) in [5.41, 5.74) is 5.46. The topological polar surface area (TPSA) is 48.1 Å². The van der Waals surface area contributed by atoms with Gasteiger partial charge in [0.1, 0.15) is 10.8 Å². The van der Waals surface area contributed by atoms with Gasteiger partial charge in [0.25, 0.3) is 0 Å². The number of thiazole rings is 1. The monoisotopic (exact) mass is 314 g/mol. The van der Waals surface area contributed by atoms with Gasteiger partial charge in [-0.1, -0.05) is 18.2 Å². The van der Waals surface area contributed by atoms with Crippen LogP contribution in [-0.2, 0) is 12.7 Å². The van der Waals surface area contributed by atoms with Crippen LogP contribution in [0.4, 0.5) is 13.2 Å². The summed E-state index contributed by atoms with van der Waals surface area (Å²) in [6, 6.07) is 7.39. The molecule has 1 aliphatic heterocycles. The number of benzene rings is 1. The highest BCUT2D eigenvalue weighted by Crippen LogP contribution is 2.42. The number of hydrogen-bond donors (Lipinski definition) is 1. The highest BCUT2D eigenvalue weighted by molar-refractivity contribution is 7.11. The maximum atomic E-state index is 13.0. The van der Waals surface area contributed by atoms with Gasteiger partial charge < -0.3 is 10.5 Å². The Labute approximate surface area is 123 Å². The standard InChI is InChI=1S/C14H13F3N2OS/c15-14(16,17)12-11(7-18)21-13(19-12)9-5-6-20-10-4-2-1-3-8(9)10/h1-4,9H,5-7,18H2. The van der Waals surface area contributed by atoms with Crippen molar-refractivity contribution in [2.75, 3.05) is 6.61 Å². The Morgan fingerprint density at radius 1 is 1.33 bits per heavy atom. The molecule has 1 unspecified atom stereocenters. The Bertz CT molecular complexity index is 654. The summed E-state index contributed by atoms with van der Waals surface area (Å²) >= 11 is 1.04. The summed E-state index contributed by atoms with van der Waals surface area (Å²) < 4.78 is 44.5. The lowest BCUT2D eigenvalue weighted by Crippen LogP contribution is -2.15. The van der Waals surface area contributed by atoms with Gasteiger partial charge in [-0.25, -0.2) is 4.98 Å². The van der Waals surface area contributed by atoms with E-state index < -0.39 is 11.9 Å². The molecule has 2 aromatic rings. The van der Waals surface area contributed by atoms with E-state index >= 15 is 0 Å². The van der Waals surface area contributed by atoms with Crippen LogP contribution in [-0.4, -0.2) is 11.6 Å². The second-order valence-corrected chi connectivity index (χ2v) is 5.87. The predicted molar refractivity (Wildman–Crippen MR) is 73.4 cm³/mol. The number of ether oxygens (including phenoxy) is 1. The molecule has 112 valence electrons. The lowest BCUT2D eigenvalue weighted by atomic mass is 9.94. The van der Waals surface area contributed by atoms with Crippen molar-refractivity contribution in [3.63, 3.8) is 0 Å². The fourth-order valence-corrected chi connectivity index (χ4v) is 3.60. The molecule has 1 aliphatic rings. The van der Waals surface area contributed by atoms with Crippen molar-refractivity contribution in [3.8, 4) is 5.75 Å². The molecule has 3 rings (SSSR count). The first-order valence-corrected chi connectivity index (χ1v) is 7.31. The summed E-state index contributed by atoms with van der Waals surface area (Å²) in [6.07, 6.45) is -3.85. The van der Waals surface area contributed by atoms with Crippen molar-refractivity contribution >= 4 is 11.3 Å². The van der Waals surface area contributed by atoms with Crippen molar-refractivity contribution in [2.24, 2.45) is 5.73 Å². The molecular weight excluding hydrogens is 301 g/mol. The SMILES string of the molecule is NCc1sc(C2CCOc3ccccc32)nc1C(F)(F)F. The molecule has 0 spiro atoms. The summed E-state index contributed by atoms with van der Waals surface area (Å²) in [7, 11) is 0. The van der Waals surface area contributed by atoms with E-state index in [0.717, 1.165) is 16.9 Å². The van der Waals surface area contributed by atoms with Crippen molar-refractivity contribution in [2.45, 2.75) is 25.1 Å². The quantitative estimate of drug-likeness (QED) is 0.922. The summed E-state index contributed by atoms with van der Waals surface area (Å²) in [5.74, 6) is 0.549. The normalized spacial score (nSPS) is 18.2. The summed E-state index contributed by atoms with van der Waals surface area (Å²) in [5, 5.41) is 0.457. The molecule has 0 aliphatic carbocycles. The first kappa shape index (κ1) is 14.3. The van der Waals surface area contributed by atoms with Crippen LogP contribution in [0.2, 0.25) is 0 Å². The number of nitrogens with two attached hydrogens (primary N) is 1. The minimum absolute atomic E-state index is 0.0847. The smallest absolute Gasteiger partial charge is 0.434 e. The third-order valence-corrected chi connectivity index (χ3v) is 4.62. The molecule has 3 nitrogen and oxygen atoms in total. The van der Waals surface area contributed by atoms with Gasteiger partial charge >= 0.3 is 6.18 Å². The Kier molecular flexibility index (Phi) is 3.62. The Balaban J connectivity index is 2.05. The number of fused-ring (bicyclic) bond motifs is 1. The van der Waals surface area contributed by atoms with E-state index in [2.05, 4.69) is 4.98 Å². The minimum atomic E-state index is -4.46. The average molecular weight is 314 g/mol. The molecule has 0 bridgehead atoms. The third-order valence-electron chi connectivity index (χ3n) is 3.42. The fourth-order valence-electron chi connectivity index (χ4n) is 2.48. The summed E-state index contributed by atoms with van der Waals surface area (Å²) in [4.78, 5) is 3.92. The van der Waals surface area contributed by atoms with Gasteiger partial charge in [-0.15, -0.1) is 11.3 Å². The number of aromatic nitrogens is 1. The van der Waals surface area contributed by atoms with Crippen LogP contribution in [0.15, 0.2) is 24.3 Å². The molecule has 0 fully saturated rings. The van der Waals surface area contributed by atoms with E-state index in [0.29, 0.717) is 23.8 Å². The molecule has 21 heavy (non-hydrogen) atoms. The van der Waals surface area contributed by atoms with E-state index in [1.807, 2.05) is 24.3 Å². The third kappa shape index (κ3) is 2.63. The molecular formula is C14H13F3N2OS. The highest BCUT2D eigenvalue weighted by Gasteiger charge is 2.38. The largest absolute Gasteiger partial charge is 0.493 e. The Hall–Kier alpha value is -1.60. The highest BCUT2D eigenvalue weighted by atomic mass is 32.1. The van der Waals surface area contributed by atoms with E-state index in [4.69, 9.17) is 10.5 Å². The van der Waals surface area contributed by atoms with Gasteiger partial charge in [-0.3, -0.25) is 0 Å². The first-order valence-electron chi connectivity index (χ1n) is 6.49. The van der Waals surface area contributed by atoms with Crippen molar-refractivity contribution in [3.05, 3.63) is 45.4 Å². The Morgan fingerprint density at radius 3 is 2.76 bits per heavy atom. The number of halogens is 3. The number of hydrogen-bond acceptors (Lipinski definition) is 4. The molecule has 1 aromatic heterocycles. The van der Waals surface area contributed by atoms with E-state index in [1.165, 1.54) is 0 Å². The van der Waals surface area contributed by atoms with Crippen molar-refractivity contribution in [1.29, 1.82) is 0 Å². The van der Waals surface area contributed by atoms with Crippen molar-refractivity contribution < 1.29 is 17.9 Å². The van der Waals surface area contributed by atoms with E-state index in [1.54, 1.807) is 0 Å². The number of nitrogens with zero attached hydrogens (tertiary/aromatic N) is 1. The van der Waals surface area contributed by atoms with E-state index in [-0.39, 0.29) is 17.3 Å². The lowest BCUT2D eigenvalue weighted by Gasteiger charge is -2.24. The molecule has 1 atom stereocenters. The fraction of sp³-hybridized carbons (Fsp3) is 0.357. The van der Waals surface area contributed by atoms with Crippen LogP contribution in [0.1, 0.15) is 33.5 Å². The van der Waals surface area contributed by atoms with Crippen LogP contribution in [0.25, 0.3) is 0 Å². The molecule has 0 saturated carbocycles. The van der Waals surface area contributed by atoms with Crippen LogP contribution in [0.3, 0.4) is 0 Å². The molecule has 0 amide bonds. The van der Waals surface area contributed by atoms with Gasteiger partial charge in [-0.05, 0) is 12.5 Å². The van der Waals surface area contributed by atoms with Crippen LogP contribution < -0.4 is 10.5 Å². The van der Waals surface area contributed by atoms with Crippen LogP contribution in [0.5, 0.6) is 5.75 Å². The zero-order chi connectivity index (χ0) is 15.0. The molecule has 0 radical (unpaired) electrons. The lowest BCUT2D eigenvalue weighted by molar-refractivity contribution is -0.141. The maximum absolute atomic E-state index is 13.0. The zero-order valence-corrected chi connectivity index (χ0v) is 11.8. The number of alkyl halides is 3. The van der Waals surface area contributed by atoms with Crippen LogP contribution >= 0.6 is 11.3 Å². The Morgan fingerprint density at radius 2 is 2.10 bits per heavy atom. The molecule has 7 heteroatoms. The zero-order valence-electron chi connectivity index (χ0n) is 11.0. The van der Waals surface area contributed by atoms with Gasteiger partial charge in [-0.2, -0.15) is 13.2 Å². The predicted octanol–water partition coefficient (Wildman–Crippen LogP) is 3.54. The second-order valence-electron chi connectivity index (χ2n) is 4.75. The number of para-hydroxylation sites is 1. The summed E-state index contributed by atoms with van der Waals surface area (Å²) in [6.45, 7) is 0.317. The molecule has 2 N–H and O–H groups in total. The van der Waals surface area contributed by atoms with Gasteiger partial charge in [0.2, 0.25) is 0 Å². The van der Waals surface area contributed by atoms with Crippen molar-refractivity contribution in [1.82, 2.24) is 4.98 Å². The first-order chi connectivity index (χ1) is 10.0. The number of rotatable bonds is 2. The molecule has 2 heterocycles. The molecule has 0 saturated heterocycles. The molecule has 1 aromatic carbocycles. The average Bonchev–Trinajstić information content (AvgIpc) is 2.91. The van der Waals surface area contributed by atoms with Gasteiger partial charge in [0.05, 0.1) is 11.5 Å². The van der Waals surface area contributed by atoms with E-state index in [9.17, 15) is 13.2 Å². The van der Waals surface area contributed by atoms with Gasteiger partial charge in [0.15, 0.2) is 5.69 Å².